The number of rotatable bonds is 6. The Hall–Kier alpha value is -2.38. The number of nitrogens with zero attached hydrogens (tertiary/aromatic N) is 1. The molecule has 0 aliphatic carbocycles. The summed E-state index contributed by atoms with van der Waals surface area (Å²) in [6.45, 7) is 1.78. The van der Waals surface area contributed by atoms with E-state index in [0.29, 0.717) is 5.52 Å². The predicted octanol–water partition coefficient (Wildman–Crippen LogP) is 4.22. The predicted molar refractivity (Wildman–Crippen MR) is 129 cm³/mol. The van der Waals surface area contributed by atoms with Crippen molar-refractivity contribution in [1.29, 1.82) is 0 Å². The molecule has 0 aliphatic heterocycles. The van der Waals surface area contributed by atoms with Gasteiger partial charge < -0.3 is 0 Å². The summed E-state index contributed by atoms with van der Waals surface area (Å²) in [5, 5.41) is 0.486. The van der Waals surface area contributed by atoms with E-state index in [1.54, 1.807) is 30.1 Å². The highest BCUT2D eigenvalue weighted by molar-refractivity contribution is 7.94. The van der Waals surface area contributed by atoms with Gasteiger partial charge in [-0.1, -0.05) is 11.6 Å². The van der Waals surface area contributed by atoms with Crippen LogP contribution < -0.4 is 14.2 Å². The van der Waals surface area contributed by atoms with Gasteiger partial charge in [-0.05, 0) is 67.0 Å². The average Bonchev–Trinajstić information content (AvgIpc) is 3.27. The number of sulfonamides is 2. The highest BCUT2D eigenvalue weighted by Crippen LogP contribution is 2.32. The van der Waals surface area contributed by atoms with Crippen LogP contribution in [0, 0.1) is 6.92 Å². The van der Waals surface area contributed by atoms with Crippen LogP contribution >= 0.6 is 34.5 Å². The Kier molecular flexibility index (Phi) is 5.84. The molecule has 4 aromatic rings. The maximum Gasteiger partial charge on any atom is 0.271 e. The van der Waals surface area contributed by atoms with Gasteiger partial charge in [-0.25, -0.2) is 16.8 Å². The normalized spacial score (nSPS) is 12.2. The fourth-order valence-electron chi connectivity index (χ4n) is 2.99. The van der Waals surface area contributed by atoms with Crippen LogP contribution in [0.15, 0.2) is 62.4 Å². The first kappa shape index (κ1) is 22.8. The molecule has 0 fully saturated rings. The van der Waals surface area contributed by atoms with Crippen molar-refractivity contribution in [3.05, 3.63) is 68.0 Å². The quantitative estimate of drug-likeness (QED) is 0.388. The molecule has 0 radical (unpaired) electrons. The molecule has 2 heterocycles. The van der Waals surface area contributed by atoms with Crippen molar-refractivity contribution in [3.63, 3.8) is 0 Å². The first-order valence-corrected chi connectivity index (χ1v) is 13.9. The van der Waals surface area contributed by atoms with E-state index in [4.69, 9.17) is 11.6 Å². The highest BCUT2D eigenvalue weighted by atomic mass is 35.5. The van der Waals surface area contributed by atoms with Gasteiger partial charge in [-0.2, -0.15) is 0 Å². The maximum atomic E-state index is 13.0. The van der Waals surface area contributed by atoms with Gasteiger partial charge in [0, 0.05) is 16.9 Å². The zero-order valence-electron chi connectivity index (χ0n) is 16.6. The minimum Gasteiger partial charge on any atom is -0.297 e. The molecular weight excluding hydrogens is 514 g/mol. The van der Waals surface area contributed by atoms with E-state index in [1.165, 1.54) is 36.4 Å². The summed E-state index contributed by atoms with van der Waals surface area (Å²) in [6, 6.07) is 11.5. The summed E-state index contributed by atoms with van der Waals surface area (Å²) in [5.41, 5.74) is 0.575. The second-order valence-corrected chi connectivity index (χ2v) is 13.2. The van der Waals surface area contributed by atoms with E-state index in [-0.39, 0.29) is 35.6 Å². The monoisotopic (exact) mass is 529 g/mol. The number of benzene rings is 2. The van der Waals surface area contributed by atoms with Gasteiger partial charge in [0.25, 0.3) is 24.8 Å². The Balaban J connectivity index is 1.72. The van der Waals surface area contributed by atoms with E-state index < -0.39 is 20.0 Å². The molecule has 2 aromatic carbocycles. The standard InChI is InChI=1S/C19H16ClN3O5S4/c1-11-3-8-18(29-11)32(27,28)21-15-6-4-12(20)9-16(15)22-31(25,26)13-5-7-17-14(10-13)19(24)30-23(17)2/h3-10,21-22H,1-2H3. The zero-order chi connectivity index (χ0) is 23.3. The van der Waals surface area contributed by atoms with Gasteiger partial charge >= 0.3 is 0 Å². The van der Waals surface area contributed by atoms with Crippen molar-refractivity contribution in [2.24, 2.45) is 7.05 Å². The molecule has 2 N–H and O–H groups in total. The van der Waals surface area contributed by atoms with Crippen LogP contribution in [0.4, 0.5) is 11.4 Å². The number of nitrogens with one attached hydrogen (secondary N) is 2. The Morgan fingerprint density at radius 1 is 0.906 bits per heavy atom. The van der Waals surface area contributed by atoms with Crippen LogP contribution in [0.3, 0.4) is 0 Å². The van der Waals surface area contributed by atoms with Crippen LogP contribution in [-0.2, 0) is 27.1 Å². The molecule has 0 bridgehead atoms. The third kappa shape index (κ3) is 4.41. The van der Waals surface area contributed by atoms with Crippen LogP contribution in [0.2, 0.25) is 5.02 Å². The molecular formula is C19H16ClN3O5S4. The van der Waals surface area contributed by atoms with E-state index in [0.717, 1.165) is 27.7 Å². The SMILES string of the molecule is Cc1ccc(S(=O)(=O)Nc2ccc(Cl)cc2NS(=O)(=O)c2ccc3c(c2)c(=O)sn3C)s1. The molecule has 0 amide bonds. The minimum atomic E-state index is -4.15. The molecule has 0 saturated heterocycles. The third-order valence-corrected chi connectivity index (χ3v) is 9.82. The maximum absolute atomic E-state index is 13.0. The molecule has 4 rings (SSSR count). The lowest BCUT2D eigenvalue weighted by molar-refractivity contribution is 0.599. The van der Waals surface area contributed by atoms with Crippen molar-refractivity contribution in [3.8, 4) is 0 Å². The summed E-state index contributed by atoms with van der Waals surface area (Å²) in [6.07, 6.45) is 0. The number of hydrogen-bond donors (Lipinski definition) is 2. The number of fused-ring (bicyclic) bond motifs is 1. The summed E-state index contributed by atoms with van der Waals surface area (Å²) >= 11 is 8.09. The highest BCUT2D eigenvalue weighted by Gasteiger charge is 2.22. The van der Waals surface area contributed by atoms with Crippen molar-refractivity contribution in [1.82, 2.24) is 3.96 Å². The Labute approximate surface area is 197 Å². The Morgan fingerprint density at radius 2 is 1.62 bits per heavy atom. The lowest BCUT2D eigenvalue weighted by Crippen LogP contribution is -2.17. The van der Waals surface area contributed by atoms with E-state index in [2.05, 4.69) is 9.44 Å². The molecule has 0 spiro atoms. The Morgan fingerprint density at radius 3 is 2.31 bits per heavy atom. The van der Waals surface area contributed by atoms with Gasteiger partial charge in [0.1, 0.15) is 4.21 Å². The molecule has 0 saturated carbocycles. The van der Waals surface area contributed by atoms with Crippen molar-refractivity contribution < 1.29 is 16.8 Å². The zero-order valence-corrected chi connectivity index (χ0v) is 20.6. The van der Waals surface area contributed by atoms with E-state index in [9.17, 15) is 21.6 Å². The first-order valence-electron chi connectivity index (χ1n) is 8.98. The van der Waals surface area contributed by atoms with Gasteiger partial charge in [0.15, 0.2) is 0 Å². The van der Waals surface area contributed by atoms with Gasteiger partial charge in [0.2, 0.25) is 0 Å². The summed E-state index contributed by atoms with van der Waals surface area (Å²) < 4.78 is 57.8. The van der Waals surface area contributed by atoms with Gasteiger partial charge in [-0.15, -0.1) is 11.3 Å². The van der Waals surface area contributed by atoms with E-state index >= 15 is 0 Å². The molecule has 32 heavy (non-hydrogen) atoms. The molecule has 2 aromatic heterocycles. The molecule has 13 heteroatoms. The number of thiophene rings is 1. The first-order chi connectivity index (χ1) is 15.0. The molecule has 0 unspecified atom stereocenters. The van der Waals surface area contributed by atoms with Crippen molar-refractivity contribution in [2.45, 2.75) is 16.0 Å². The number of anilines is 2. The van der Waals surface area contributed by atoms with E-state index in [1.807, 2.05) is 0 Å². The second-order valence-electron chi connectivity index (χ2n) is 6.82. The lowest BCUT2D eigenvalue weighted by atomic mass is 10.2. The number of halogens is 1. The van der Waals surface area contributed by atoms with Gasteiger partial charge in [0.05, 0.1) is 27.2 Å². The third-order valence-electron chi connectivity index (χ3n) is 4.51. The van der Waals surface area contributed by atoms with Crippen LogP contribution in [-0.4, -0.2) is 20.8 Å². The topological polar surface area (TPSA) is 114 Å². The molecule has 168 valence electrons. The summed E-state index contributed by atoms with van der Waals surface area (Å²) in [5.74, 6) is 0. The second kappa shape index (κ2) is 8.19. The average molecular weight is 530 g/mol. The molecule has 0 atom stereocenters. The largest absolute Gasteiger partial charge is 0.297 e. The van der Waals surface area contributed by atoms with Crippen molar-refractivity contribution in [2.75, 3.05) is 9.44 Å². The fraction of sp³-hybridized carbons (Fsp3) is 0.105. The fourth-order valence-corrected chi connectivity index (χ4v) is 7.39. The number of aryl methyl sites for hydroxylation is 2. The minimum absolute atomic E-state index is 0.0107. The van der Waals surface area contributed by atoms with Crippen LogP contribution in [0.25, 0.3) is 10.9 Å². The van der Waals surface area contributed by atoms with Crippen LogP contribution in [0.5, 0.6) is 0 Å². The van der Waals surface area contributed by atoms with Gasteiger partial charge in [-0.3, -0.25) is 18.2 Å². The summed E-state index contributed by atoms with van der Waals surface area (Å²) in [4.78, 5) is 12.8. The summed E-state index contributed by atoms with van der Waals surface area (Å²) in [7, 11) is -6.38. The number of aromatic nitrogens is 1. The van der Waals surface area contributed by atoms with Crippen LogP contribution in [0.1, 0.15) is 4.88 Å². The van der Waals surface area contributed by atoms with Crippen molar-refractivity contribution >= 4 is 76.8 Å². The number of hydrogen-bond acceptors (Lipinski definition) is 7. The molecule has 0 aliphatic rings. The molecule has 8 nitrogen and oxygen atoms in total. The smallest absolute Gasteiger partial charge is 0.271 e. The lowest BCUT2D eigenvalue weighted by Gasteiger charge is -2.14. The Bertz CT molecular complexity index is 1620.